The van der Waals surface area contributed by atoms with E-state index in [1.807, 2.05) is 0 Å². The zero-order valence-corrected chi connectivity index (χ0v) is 13.6. The summed E-state index contributed by atoms with van der Waals surface area (Å²) in [5.74, 6) is 0.351. The van der Waals surface area contributed by atoms with Crippen LogP contribution in [0.2, 0.25) is 5.82 Å². The average Bonchev–Trinajstić information content (AvgIpc) is 2.21. The van der Waals surface area contributed by atoms with E-state index in [9.17, 15) is 5.02 Å². The highest BCUT2D eigenvalue weighted by molar-refractivity contribution is 6.28. The van der Waals surface area contributed by atoms with Crippen LogP contribution in [-0.4, -0.2) is 24.6 Å². The van der Waals surface area contributed by atoms with Gasteiger partial charge in [0.1, 0.15) is 0 Å². The maximum Gasteiger partial charge on any atom is 0.274 e. The van der Waals surface area contributed by atoms with E-state index in [2.05, 4.69) is 60.7 Å². The Morgan fingerprint density at radius 1 is 0.944 bits per heavy atom. The highest BCUT2D eigenvalue weighted by atomic mass is 16.2. The van der Waals surface area contributed by atoms with Crippen LogP contribution in [0, 0.1) is 16.2 Å². The largest absolute Gasteiger partial charge is 0.454 e. The Morgan fingerprint density at radius 3 is 1.89 bits per heavy atom. The molecule has 0 spiro atoms. The number of rotatable bonds is 1. The average molecular weight is 253 g/mol. The Morgan fingerprint density at radius 2 is 1.44 bits per heavy atom. The molecule has 18 heavy (non-hydrogen) atoms. The summed E-state index contributed by atoms with van der Waals surface area (Å²) in [5.41, 5.74) is 0.568. The molecule has 1 saturated heterocycles. The zero-order valence-electron chi connectivity index (χ0n) is 13.6. The Labute approximate surface area is 114 Å². The van der Waals surface area contributed by atoms with Crippen LogP contribution in [0.5, 0.6) is 0 Å². The minimum Gasteiger partial charge on any atom is -0.454 e. The van der Waals surface area contributed by atoms with Gasteiger partial charge in [-0.05, 0) is 42.3 Å². The molecule has 0 radical (unpaired) electrons. The molecule has 0 aromatic rings. The van der Waals surface area contributed by atoms with Crippen molar-refractivity contribution in [2.75, 3.05) is 6.54 Å². The zero-order chi connectivity index (χ0) is 14.4. The maximum atomic E-state index is 9.86. The summed E-state index contributed by atoms with van der Waals surface area (Å²) in [7, 11) is 0.288. The predicted molar refractivity (Wildman–Crippen MR) is 81.2 cm³/mol. The summed E-state index contributed by atoms with van der Waals surface area (Å²) in [5, 5.41) is 13.6. The molecule has 1 aliphatic rings. The van der Waals surface area contributed by atoms with Crippen molar-refractivity contribution in [3.8, 4) is 0 Å². The van der Waals surface area contributed by atoms with Gasteiger partial charge in [0.15, 0.2) is 0 Å². The Hall–Kier alpha value is -0.0151. The topological polar surface area (TPSA) is 32.3 Å². The summed E-state index contributed by atoms with van der Waals surface area (Å²) >= 11 is 0. The molecule has 1 aliphatic heterocycles. The van der Waals surface area contributed by atoms with Gasteiger partial charge in [0, 0.05) is 12.1 Å². The van der Waals surface area contributed by atoms with E-state index < -0.39 is 0 Å². The van der Waals surface area contributed by atoms with Gasteiger partial charge in [-0.2, -0.15) is 0 Å². The number of nitrogens with one attached hydrogen (secondary N) is 1. The van der Waals surface area contributed by atoms with E-state index in [4.69, 9.17) is 0 Å². The van der Waals surface area contributed by atoms with Crippen molar-refractivity contribution in [2.24, 2.45) is 16.2 Å². The molecule has 1 rings (SSSR count). The SMILES string of the molecule is CC1(C)CC(BO)C(C)(C)C(C)(C)CNC1(C)C. The molecule has 0 aliphatic carbocycles. The van der Waals surface area contributed by atoms with E-state index in [1.165, 1.54) is 0 Å². The first-order valence-corrected chi connectivity index (χ1v) is 7.23. The van der Waals surface area contributed by atoms with Gasteiger partial charge in [-0.3, -0.25) is 0 Å². The minimum absolute atomic E-state index is 0.0915. The van der Waals surface area contributed by atoms with Crippen molar-refractivity contribution < 1.29 is 5.02 Å². The van der Waals surface area contributed by atoms with Crippen LogP contribution < -0.4 is 5.32 Å². The van der Waals surface area contributed by atoms with Gasteiger partial charge < -0.3 is 10.3 Å². The van der Waals surface area contributed by atoms with Crippen LogP contribution >= 0.6 is 0 Å². The van der Waals surface area contributed by atoms with Crippen molar-refractivity contribution in [2.45, 2.75) is 73.2 Å². The highest BCUT2D eigenvalue weighted by Gasteiger charge is 2.50. The fourth-order valence-electron chi connectivity index (χ4n) is 2.88. The molecular formula is C15H32BNO. The molecule has 0 bridgehead atoms. The summed E-state index contributed by atoms with van der Waals surface area (Å²) in [6.45, 7) is 19.5. The normalized spacial score (nSPS) is 33.3. The van der Waals surface area contributed by atoms with Crippen LogP contribution in [0.25, 0.3) is 0 Å². The fourth-order valence-corrected chi connectivity index (χ4v) is 2.88. The smallest absolute Gasteiger partial charge is 0.274 e. The van der Waals surface area contributed by atoms with Crippen molar-refractivity contribution in [1.82, 2.24) is 5.32 Å². The third-order valence-electron chi connectivity index (χ3n) is 6.41. The predicted octanol–water partition coefficient (Wildman–Crippen LogP) is 2.97. The van der Waals surface area contributed by atoms with E-state index in [0.29, 0.717) is 5.82 Å². The summed E-state index contributed by atoms with van der Waals surface area (Å²) in [4.78, 5) is 0. The Bertz CT molecular complexity index is 306. The summed E-state index contributed by atoms with van der Waals surface area (Å²) in [6, 6.07) is 0. The molecule has 0 amide bonds. The van der Waals surface area contributed by atoms with Gasteiger partial charge in [0.25, 0.3) is 7.48 Å². The molecule has 0 saturated carbocycles. The molecule has 3 heteroatoms. The summed E-state index contributed by atoms with van der Waals surface area (Å²) in [6.07, 6.45) is 1.06. The highest BCUT2D eigenvalue weighted by Crippen LogP contribution is 2.54. The second kappa shape index (κ2) is 4.52. The first-order valence-electron chi connectivity index (χ1n) is 7.23. The first kappa shape index (κ1) is 16.0. The lowest BCUT2D eigenvalue weighted by Gasteiger charge is -2.56. The van der Waals surface area contributed by atoms with Gasteiger partial charge in [0.2, 0.25) is 0 Å². The molecule has 1 unspecified atom stereocenters. The monoisotopic (exact) mass is 253 g/mol. The second-order valence-electron chi connectivity index (χ2n) is 8.55. The van der Waals surface area contributed by atoms with Gasteiger partial charge >= 0.3 is 0 Å². The van der Waals surface area contributed by atoms with Crippen LogP contribution in [-0.2, 0) is 0 Å². The van der Waals surface area contributed by atoms with Crippen molar-refractivity contribution in [1.29, 1.82) is 0 Å². The van der Waals surface area contributed by atoms with Gasteiger partial charge in [-0.25, -0.2) is 0 Å². The van der Waals surface area contributed by atoms with Gasteiger partial charge in [0.05, 0.1) is 0 Å². The molecule has 0 aromatic heterocycles. The minimum atomic E-state index is 0.0915. The lowest BCUT2D eigenvalue weighted by Crippen LogP contribution is -2.59. The fraction of sp³-hybridized carbons (Fsp3) is 1.00. The quantitative estimate of drug-likeness (QED) is 0.704. The Kier molecular flexibility index (Phi) is 4.03. The maximum absolute atomic E-state index is 9.86. The molecule has 2 nitrogen and oxygen atoms in total. The number of hydrogen-bond acceptors (Lipinski definition) is 2. The van der Waals surface area contributed by atoms with Gasteiger partial charge in [-0.15, -0.1) is 0 Å². The van der Waals surface area contributed by atoms with Crippen LogP contribution in [0.3, 0.4) is 0 Å². The first-order chi connectivity index (χ1) is 7.87. The lowest BCUT2D eigenvalue weighted by atomic mass is 9.48. The molecule has 1 fully saturated rings. The van der Waals surface area contributed by atoms with Gasteiger partial charge in [-0.1, -0.05) is 41.5 Å². The van der Waals surface area contributed by atoms with E-state index in [-0.39, 0.29) is 29.3 Å². The molecular weight excluding hydrogens is 221 g/mol. The van der Waals surface area contributed by atoms with E-state index in [0.717, 1.165) is 13.0 Å². The molecule has 1 atom stereocenters. The standard InChI is InChI=1S/C15H32BNO/c1-12(2)9-11(16-18)14(5,6)13(3,4)10-17-15(12,7)8/h11,16-18H,9-10H2,1-8H3. The van der Waals surface area contributed by atoms with E-state index >= 15 is 0 Å². The molecule has 106 valence electrons. The van der Waals surface area contributed by atoms with Crippen LogP contribution in [0.1, 0.15) is 61.8 Å². The van der Waals surface area contributed by atoms with Crippen molar-refractivity contribution >= 4 is 7.48 Å². The molecule has 1 heterocycles. The summed E-state index contributed by atoms with van der Waals surface area (Å²) < 4.78 is 0. The van der Waals surface area contributed by atoms with Crippen LogP contribution in [0.4, 0.5) is 0 Å². The van der Waals surface area contributed by atoms with E-state index in [1.54, 1.807) is 0 Å². The molecule has 2 N–H and O–H groups in total. The molecule has 0 aromatic carbocycles. The second-order valence-corrected chi connectivity index (χ2v) is 8.55. The van der Waals surface area contributed by atoms with Crippen LogP contribution in [0.15, 0.2) is 0 Å². The lowest BCUT2D eigenvalue weighted by molar-refractivity contribution is 0.0111. The van der Waals surface area contributed by atoms with Crippen molar-refractivity contribution in [3.05, 3.63) is 0 Å². The third-order valence-corrected chi connectivity index (χ3v) is 6.41. The van der Waals surface area contributed by atoms with Crippen molar-refractivity contribution in [3.63, 3.8) is 0 Å². The Balaban J connectivity index is 3.18. The third kappa shape index (κ3) is 2.49. The number of hydrogen-bond donors (Lipinski definition) is 2.